The molecule has 0 spiro atoms. The van der Waals surface area contributed by atoms with Crippen molar-refractivity contribution in [2.75, 3.05) is 26.2 Å². The van der Waals surface area contributed by atoms with Crippen molar-refractivity contribution >= 4 is 46.2 Å². The van der Waals surface area contributed by atoms with Crippen LogP contribution in [0.2, 0.25) is 0 Å². The number of H-pyrrole nitrogens is 1. The van der Waals surface area contributed by atoms with Gasteiger partial charge < -0.3 is 15.3 Å². The van der Waals surface area contributed by atoms with E-state index >= 15 is 0 Å². The fraction of sp³-hybridized carbons (Fsp3) is 0.640. The number of alkyl halides is 2. The zero-order chi connectivity index (χ0) is 23.7. The molecule has 34 heavy (non-hydrogen) atoms. The Morgan fingerprint density at radius 1 is 1.09 bits per heavy atom. The zero-order valence-electron chi connectivity index (χ0n) is 19.4. The average Bonchev–Trinajstić information content (AvgIpc) is 3.28. The number of halogens is 2. The molecule has 7 nitrogen and oxygen atoms in total. The van der Waals surface area contributed by atoms with E-state index in [0.717, 1.165) is 74.8 Å². The smallest absolute Gasteiger partial charge is 0.254 e. The van der Waals surface area contributed by atoms with E-state index in [2.05, 4.69) is 21.6 Å². The summed E-state index contributed by atoms with van der Waals surface area (Å²) in [5.41, 5.74) is 2.97. The summed E-state index contributed by atoms with van der Waals surface area (Å²) in [6.45, 7) is 2.98. The maximum absolute atomic E-state index is 13.7. The third kappa shape index (κ3) is 5.13. The highest BCUT2D eigenvalue weighted by atomic mass is 35.5. The molecule has 3 heterocycles. The van der Waals surface area contributed by atoms with Gasteiger partial charge in [-0.15, -0.1) is 23.2 Å². The number of nitrogens with zero attached hydrogens (tertiary/aromatic N) is 3. The fourth-order valence-electron chi connectivity index (χ4n) is 5.49. The highest BCUT2D eigenvalue weighted by Crippen LogP contribution is 2.36. The lowest BCUT2D eigenvalue weighted by Gasteiger charge is -2.29. The van der Waals surface area contributed by atoms with Crippen LogP contribution < -0.4 is 5.32 Å². The van der Waals surface area contributed by atoms with Gasteiger partial charge in [-0.05, 0) is 63.0 Å². The Bertz CT molecular complexity index is 1040. The summed E-state index contributed by atoms with van der Waals surface area (Å²) in [5, 5.41) is 21.7. The van der Waals surface area contributed by atoms with Gasteiger partial charge in [-0.3, -0.25) is 9.89 Å². The van der Waals surface area contributed by atoms with E-state index in [1.165, 1.54) is 0 Å². The number of nitrogens with one attached hydrogen (secondary N) is 2. The topological polar surface area (TPSA) is 94.1 Å². The number of pyridine rings is 1. The number of allylic oxidation sites excluding steroid dienone is 1. The number of carbonyl (C=O) groups excluding carboxylic acids is 1. The minimum atomic E-state index is -0.231. The predicted octanol–water partition coefficient (Wildman–Crippen LogP) is 4.05. The van der Waals surface area contributed by atoms with Gasteiger partial charge in [-0.1, -0.05) is 6.08 Å². The lowest BCUT2D eigenvalue weighted by Crippen LogP contribution is -2.46. The molecule has 1 amide bonds. The molecule has 2 saturated carbocycles. The number of fused-ring (bicyclic) bond motifs is 1. The molecule has 0 radical (unpaired) electrons. The van der Waals surface area contributed by atoms with Crippen LogP contribution in [-0.2, 0) is 0 Å². The summed E-state index contributed by atoms with van der Waals surface area (Å²) in [4.78, 5) is 20.5. The van der Waals surface area contributed by atoms with Crippen molar-refractivity contribution < 1.29 is 9.90 Å². The van der Waals surface area contributed by atoms with E-state index in [9.17, 15) is 9.90 Å². The second-order valence-corrected chi connectivity index (χ2v) is 11.1. The van der Waals surface area contributed by atoms with Crippen LogP contribution >= 0.6 is 23.2 Å². The maximum Gasteiger partial charge on any atom is 0.254 e. The van der Waals surface area contributed by atoms with Crippen molar-refractivity contribution in [3.05, 3.63) is 29.1 Å². The van der Waals surface area contributed by atoms with Gasteiger partial charge in [0.1, 0.15) is 0 Å². The van der Waals surface area contributed by atoms with Gasteiger partial charge in [0, 0.05) is 43.2 Å². The molecule has 3 aliphatic rings. The van der Waals surface area contributed by atoms with Crippen LogP contribution in [0.4, 0.5) is 0 Å². The van der Waals surface area contributed by atoms with E-state index in [1.807, 2.05) is 17.0 Å². The van der Waals surface area contributed by atoms with Crippen molar-refractivity contribution in [2.24, 2.45) is 5.92 Å². The Balaban J connectivity index is 1.49. The zero-order valence-corrected chi connectivity index (χ0v) is 20.9. The lowest BCUT2D eigenvalue weighted by atomic mass is 9.84. The number of aromatic amines is 1. The van der Waals surface area contributed by atoms with E-state index in [-0.39, 0.29) is 28.7 Å². The Hall–Kier alpha value is -1.67. The van der Waals surface area contributed by atoms with Crippen molar-refractivity contribution in [1.29, 1.82) is 0 Å². The van der Waals surface area contributed by atoms with Gasteiger partial charge in [0.2, 0.25) is 0 Å². The summed E-state index contributed by atoms with van der Waals surface area (Å²) >= 11 is 12.7. The molecular weight excluding hydrogens is 473 g/mol. The van der Waals surface area contributed by atoms with Crippen molar-refractivity contribution in [1.82, 2.24) is 25.4 Å². The number of aliphatic hydroxyl groups excluding tert-OH is 1. The molecule has 1 saturated heterocycles. The number of amides is 1. The number of piperazine rings is 1. The summed E-state index contributed by atoms with van der Waals surface area (Å²) in [7, 11) is 0. The molecule has 3 N–H and O–H groups in total. The lowest BCUT2D eigenvalue weighted by molar-refractivity contribution is 0.0737. The molecule has 0 bridgehead atoms. The van der Waals surface area contributed by atoms with E-state index in [0.29, 0.717) is 30.2 Å². The van der Waals surface area contributed by atoms with Crippen molar-refractivity contribution in [3.8, 4) is 0 Å². The predicted molar refractivity (Wildman–Crippen MR) is 136 cm³/mol. The normalized spacial score (nSPS) is 30.8. The SMILES string of the molecule is O=C(c1cc(C2CCC(O)CC2)nc2n[nH]c(/C=C/C3CCC(Cl)C(Cl)C3)c12)N1CCNCC1. The molecule has 9 heteroatoms. The maximum atomic E-state index is 13.7. The highest BCUT2D eigenvalue weighted by molar-refractivity contribution is 6.30. The first-order valence-corrected chi connectivity index (χ1v) is 13.4. The summed E-state index contributed by atoms with van der Waals surface area (Å²) < 4.78 is 0. The van der Waals surface area contributed by atoms with Crippen molar-refractivity contribution in [2.45, 2.75) is 67.7 Å². The first-order chi connectivity index (χ1) is 16.5. The van der Waals surface area contributed by atoms with Crippen LogP contribution in [0.15, 0.2) is 12.1 Å². The van der Waals surface area contributed by atoms with Crippen LogP contribution in [0.1, 0.15) is 72.6 Å². The average molecular weight is 506 g/mol. The Kier molecular flexibility index (Phi) is 7.44. The number of aromatic nitrogens is 3. The Morgan fingerprint density at radius 3 is 2.59 bits per heavy atom. The molecule has 3 fully saturated rings. The number of rotatable bonds is 4. The van der Waals surface area contributed by atoms with Gasteiger partial charge in [-0.2, -0.15) is 5.10 Å². The Labute approximate surface area is 210 Å². The minimum Gasteiger partial charge on any atom is -0.393 e. The monoisotopic (exact) mass is 505 g/mol. The number of hydrogen-bond acceptors (Lipinski definition) is 5. The van der Waals surface area contributed by atoms with E-state index < -0.39 is 0 Å². The summed E-state index contributed by atoms with van der Waals surface area (Å²) in [6.07, 6.45) is 10.0. The van der Waals surface area contributed by atoms with E-state index in [1.54, 1.807) is 0 Å². The van der Waals surface area contributed by atoms with Crippen LogP contribution in [-0.4, -0.2) is 74.1 Å². The summed E-state index contributed by atoms with van der Waals surface area (Å²) in [5.74, 6) is 0.624. The molecule has 5 rings (SSSR count). The second-order valence-electron chi connectivity index (χ2n) is 9.94. The number of aliphatic hydroxyl groups is 1. The second kappa shape index (κ2) is 10.5. The standard InChI is InChI=1S/C25H33Cl2N5O2/c26-19-7-1-15(13-20(19)27)2-8-21-23-18(25(34)32-11-9-28-10-12-32)14-22(29-24(23)31-30-21)16-3-5-17(33)6-4-16/h2,8,14-17,19-20,28,33H,1,3-7,9-13H2,(H,29,30,31)/b8-2+. The van der Waals surface area contributed by atoms with Gasteiger partial charge in [0.15, 0.2) is 5.65 Å². The Morgan fingerprint density at radius 2 is 1.85 bits per heavy atom. The molecule has 2 aromatic heterocycles. The number of carbonyl (C=O) groups is 1. The fourth-order valence-corrected chi connectivity index (χ4v) is 6.07. The molecule has 2 aromatic rings. The van der Waals surface area contributed by atoms with Gasteiger partial charge in [0.25, 0.3) is 5.91 Å². The molecule has 3 unspecified atom stereocenters. The number of hydrogen-bond donors (Lipinski definition) is 3. The van der Waals surface area contributed by atoms with Crippen LogP contribution in [0.3, 0.4) is 0 Å². The van der Waals surface area contributed by atoms with E-state index in [4.69, 9.17) is 28.2 Å². The van der Waals surface area contributed by atoms with Gasteiger partial charge in [0.05, 0.1) is 28.1 Å². The van der Waals surface area contributed by atoms with Gasteiger partial charge in [-0.25, -0.2) is 4.98 Å². The molecule has 3 atom stereocenters. The first-order valence-electron chi connectivity index (χ1n) is 12.5. The minimum absolute atomic E-state index is 0.0216. The quantitative estimate of drug-likeness (QED) is 0.544. The third-order valence-corrected chi connectivity index (χ3v) is 8.72. The summed E-state index contributed by atoms with van der Waals surface area (Å²) in [6, 6.07) is 1.98. The molecule has 1 aliphatic heterocycles. The van der Waals surface area contributed by atoms with Crippen molar-refractivity contribution in [3.63, 3.8) is 0 Å². The van der Waals surface area contributed by atoms with Crippen LogP contribution in [0.5, 0.6) is 0 Å². The molecule has 184 valence electrons. The highest BCUT2D eigenvalue weighted by Gasteiger charge is 2.29. The first kappa shape index (κ1) is 24.0. The molecule has 2 aliphatic carbocycles. The molecule has 0 aromatic carbocycles. The largest absolute Gasteiger partial charge is 0.393 e. The molecular formula is C25H33Cl2N5O2. The van der Waals surface area contributed by atoms with Crippen LogP contribution in [0, 0.1) is 5.92 Å². The van der Waals surface area contributed by atoms with Gasteiger partial charge >= 0.3 is 0 Å². The van der Waals surface area contributed by atoms with Crippen LogP contribution in [0.25, 0.3) is 17.1 Å². The third-order valence-electron chi connectivity index (χ3n) is 7.59.